The first-order valence-corrected chi connectivity index (χ1v) is 9.84. The number of aliphatic imine (C=N–C) groups is 1. The van der Waals surface area contributed by atoms with Gasteiger partial charge in [0.1, 0.15) is 5.75 Å². The van der Waals surface area contributed by atoms with E-state index in [1.54, 1.807) is 18.7 Å². The SMILES string of the molecule is C=C(CN1CCc2sc(C(=O)NO)c(C)c2C1)N=C(ON)c1ccccc1OC. The van der Waals surface area contributed by atoms with Gasteiger partial charge in [0.2, 0.25) is 5.90 Å². The molecule has 0 unspecified atom stereocenters. The number of fused-ring (bicyclic) bond motifs is 1. The van der Waals surface area contributed by atoms with Crippen LogP contribution in [0.4, 0.5) is 0 Å². The van der Waals surface area contributed by atoms with Gasteiger partial charge in [0.15, 0.2) is 0 Å². The summed E-state index contributed by atoms with van der Waals surface area (Å²) < 4.78 is 5.34. The van der Waals surface area contributed by atoms with Gasteiger partial charge in [-0.05, 0) is 36.6 Å². The van der Waals surface area contributed by atoms with Crippen molar-refractivity contribution in [2.75, 3.05) is 20.2 Å². The van der Waals surface area contributed by atoms with Gasteiger partial charge in [-0.3, -0.25) is 14.9 Å². The van der Waals surface area contributed by atoms with E-state index in [0.29, 0.717) is 35.0 Å². The van der Waals surface area contributed by atoms with Gasteiger partial charge in [0, 0.05) is 24.5 Å². The van der Waals surface area contributed by atoms with Crippen LogP contribution in [-0.2, 0) is 17.8 Å². The summed E-state index contributed by atoms with van der Waals surface area (Å²) in [5.41, 5.74) is 4.98. The first-order valence-electron chi connectivity index (χ1n) is 9.03. The van der Waals surface area contributed by atoms with Crippen LogP contribution >= 0.6 is 11.3 Å². The molecular weight excluding hydrogens is 392 g/mol. The van der Waals surface area contributed by atoms with Crippen molar-refractivity contribution in [3.8, 4) is 5.75 Å². The van der Waals surface area contributed by atoms with E-state index in [-0.39, 0.29) is 5.90 Å². The summed E-state index contributed by atoms with van der Waals surface area (Å²) in [5.74, 6) is 5.81. The number of methoxy groups -OCH3 is 1. The third kappa shape index (κ3) is 4.48. The number of carbonyl (C=O) groups is 1. The number of nitrogens with two attached hydrogens (primary N) is 1. The number of amides is 1. The van der Waals surface area contributed by atoms with Crippen LogP contribution in [0, 0.1) is 6.92 Å². The van der Waals surface area contributed by atoms with Crippen molar-refractivity contribution in [3.63, 3.8) is 0 Å². The van der Waals surface area contributed by atoms with Crippen molar-refractivity contribution in [2.24, 2.45) is 10.9 Å². The molecule has 154 valence electrons. The van der Waals surface area contributed by atoms with E-state index in [4.69, 9.17) is 20.7 Å². The molecule has 1 amide bonds. The molecule has 8 nitrogen and oxygen atoms in total. The number of benzene rings is 1. The molecule has 0 spiro atoms. The van der Waals surface area contributed by atoms with Gasteiger partial charge in [0.05, 0.1) is 23.2 Å². The number of hydrogen-bond donors (Lipinski definition) is 3. The second-order valence-corrected chi connectivity index (χ2v) is 7.77. The smallest absolute Gasteiger partial charge is 0.284 e. The molecule has 0 bridgehead atoms. The third-order valence-electron chi connectivity index (χ3n) is 4.81. The molecule has 3 rings (SSSR count). The van der Waals surface area contributed by atoms with E-state index in [9.17, 15) is 4.79 Å². The molecule has 2 heterocycles. The predicted octanol–water partition coefficient (Wildman–Crippen LogP) is 2.39. The summed E-state index contributed by atoms with van der Waals surface area (Å²) in [4.78, 5) is 25.2. The molecule has 4 N–H and O–H groups in total. The number of rotatable bonds is 6. The standard InChI is InChI=1S/C20H24N4O4S/c1-12(22-20(28-21)14-6-4-5-7-16(14)27-3)10-24-9-8-17-15(11-24)13(2)18(29-17)19(25)23-26/h4-7,26H,1,8-11,21H2,2-3H3,(H,23,25). The second kappa shape index (κ2) is 9.19. The highest BCUT2D eigenvalue weighted by atomic mass is 32.1. The minimum atomic E-state index is -0.469. The summed E-state index contributed by atoms with van der Waals surface area (Å²) >= 11 is 1.43. The first-order chi connectivity index (χ1) is 14.0. The lowest BCUT2D eigenvalue weighted by Gasteiger charge is -2.27. The maximum Gasteiger partial charge on any atom is 0.284 e. The van der Waals surface area contributed by atoms with E-state index in [0.717, 1.165) is 24.1 Å². The van der Waals surface area contributed by atoms with E-state index in [1.807, 2.05) is 25.1 Å². The molecule has 0 saturated heterocycles. The number of thiophene rings is 1. The van der Waals surface area contributed by atoms with Crippen LogP contribution in [0.2, 0.25) is 0 Å². The second-order valence-electron chi connectivity index (χ2n) is 6.66. The molecule has 0 atom stereocenters. The third-order valence-corrected chi connectivity index (χ3v) is 6.21. The molecule has 1 aromatic heterocycles. The zero-order chi connectivity index (χ0) is 21.0. The maximum atomic E-state index is 11.8. The highest BCUT2D eigenvalue weighted by Gasteiger charge is 2.25. The Morgan fingerprint density at radius 3 is 2.90 bits per heavy atom. The number of ether oxygens (including phenoxy) is 1. The van der Waals surface area contributed by atoms with Gasteiger partial charge >= 0.3 is 0 Å². The average Bonchev–Trinajstić information content (AvgIpc) is 3.07. The van der Waals surface area contributed by atoms with Crippen LogP contribution in [0.5, 0.6) is 5.75 Å². The van der Waals surface area contributed by atoms with Crippen LogP contribution in [-0.4, -0.2) is 42.1 Å². The van der Waals surface area contributed by atoms with Gasteiger partial charge in [0.25, 0.3) is 5.91 Å². The van der Waals surface area contributed by atoms with E-state index in [2.05, 4.69) is 16.5 Å². The minimum Gasteiger partial charge on any atom is -0.496 e. The number of para-hydroxylation sites is 1. The van der Waals surface area contributed by atoms with Gasteiger partial charge in [-0.2, -0.15) is 5.90 Å². The van der Waals surface area contributed by atoms with Gasteiger partial charge in [-0.1, -0.05) is 18.7 Å². The largest absolute Gasteiger partial charge is 0.496 e. The van der Waals surface area contributed by atoms with Gasteiger partial charge in [-0.15, -0.1) is 11.3 Å². The van der Waals surface area contributed by atoms with Crippen LogP contribution in [0.15, 0.2) is 41.5 Å². The van der Waals surface area contributed by atoms with E-state index >= 15 is 0 Å². The molecule has 0 saturated carbocycles. The summed E-state index contributed by atoms with van der Waals surface area (Å²) in [6.45, 7) is 7.96. The predicted molar refractivity (Wildman–Crippen MR) is 111 cm³/mol. The lowest BCUT2D eigenvalue weighted by molar-refractivity contribution is 0.0710. The zero-order valence-electron chi connectivity index (χ0n) is 16.4. The van der Waals surface area contributed by atoms with E-state index in [1.165, 1.54) is 16.2 Å². The Hall–Kier alpha value is -2.72. The van der Waals surface area contributed by atoms with E-state index < -0.39 is 5.91 Å². The van der Waals surface area contributed by atoms with Gasteiger partial charge in [-0.25, -0.2) is 10.5 Å². The molecule has 29 heavy (non-hydrogen) atoms. The zero-order valence-corrected chi connectivity index (χ0v) is 17.2. The number of nitrogens with zero attached hydrogens (tertiary/aromatic N) is 2. The molecular formula is C20H24N4O4S. The molecule has 1 aliphatic heterocycles. The number of hydroxylamine groups is 1. The molecule has 0 fully saturated rings. The van der Waals surface area contributed by atoms with Crippen molar-refractivity contribution in [1.82, 2.24) is 10.4 Å². The van der Waals surface area contributed by atoms with Gasteiger partial charge < -0.3 is 9.57 Å². The highest BCUT2D eigenvalue weighted by molar-refractivity contribution is 7.14. The Labute approximate surface area is 173 Å². The molecule has 0 aliphatic carbocycles. The molecule has 0 radical (unpaired) electrons. The first kappa shape index (κ1) is 21.0. The number of nitrogens with one attached hydrogen (secondary N) is 1. The van der Waals surface area contributed by atoms with Crippen molar-refractivity contribution in [3.05, 3.63) is 63.0 Å². The summed E-state index contributed by atoms with van der Waals surface area (Å²) in [6, 6.07) is 7.32. The quantitative estimate of drug-likeness (QED) is 0.289. The Bertz CT molecular complexity index is 954. The van der Waals surface area contributed by atoms with Crippen LogP contribution in [0.25, 0.3) is 0 Å². The fourth-order valence-electron chi connectivity index (χ4n) is 3.39. The lowest BCUT2D eigenvalue weighted by Crippen LogP contribution is -2.31. The van der Waals surface area contributed by atoms with Crippen molar-refractivity contribution in [1.29, 1.82) is 0 Å². The van der Waals surface area contributed by atoms with Crippen molar-refractivity contribution in [2.45, 2.75) is 19.9 Å². The average molecular weight is 417 g/mol. The van der Waals surface area contributed by atoms with Crippen LogP contribution in [0.1, 0.15) is 31.2 Å². The Balaban J connectivity index is 1.74. The monoisotopic (exact) mass is 416 g/mol. The molecule has 2 aromatic rings. The fraction of sp³-hybridized carbons (Fsp3) is 0.300. The Kier molecular flexibility index (Phi) is 6.65. The number of carbonyl (C=O) groups excluding carboxylic acids is 1. The fourth-order valence-corrected chi connectivity index (χ4v) is 4.58. The maximum absolute atomic E-state index is 11.8. The van der Waals surface area contributed by atoms with Crippen LogP contribution in [0.3, 0.4) is 0 Å². The Morgan fingerprint density at radius 2 is 2.21 bits per heavy atom. The number of hydrogen-bond acceptors (Lipinski definition) is 8. The van der Waals surface area contributed by atoms with Crippen molar-refractivity contribution < 1.29 is 19.6 Å². The van der Waals surface area contributed by atoms with Crippen LogP contribution < -0.4 is 16.1 Å². The Morgan fingerprint density at radius 1 is 1.45 bits per heavy atom. The molecule has 9 heteroatoms. The molecule has 1 aromatic carbocycles. The highest BCUT2D eigenvalue weighted by Crippen LogP contribution is 2.33. The van der Waals surface area contributed by atoms with Crippen molar-refractivity contribution >= 4 is 23.1 Å². The molecule has 1 aliphatic rings. The summed E-state index contributed by atoms with van der Waals surface area (Å²) in [7, 11) is 1.57. The lowest BCUT2D eigenvalue weighted by atomic mass is 10.0. The summed E-state index contributed by atoms with van der Waals surface area (Å²) in [5, 5.41) is 8.92. The topological polar surface area (TPSA) is 109 Å². The minimum absolute atomic E-state index is 0.235. The normalized spacial score (nSPS) is 14.3. The summed E-state index contributed by atoms with van der Waals surface area (Å²) in [6.07, 6.45) is 0.823.